The minimum absolute atomic E-state index is 0.0906. The molecule has 7 heteroatoms. The lowest BCUT2D eigenvalue weighted by atomic mass is 10.1. The maximum absolute atomic E-state index is 14.0. The third kappa shape index (κ3) is 4.88. The molecule has 30 heavy (non-hydrogen) atoms. The van der Waals surface area contributed by atoms with Gasteiger partial charge in [-0.3, -0.25) is 9.59 Å². The van der Waals surface area contributed by atoms with Crippen molar-refractivity contribution in [1.29, 1.82) is 0 Å². The monoisotopic (exact) mass is 408 g/mol. The zero-order chi connectivity index (χ0) is 21.5. The second kappa shape index (κ2) is 9.47. The molecule has 0 atom stereocenters. The highest BCUT2D eigenvalue weighted by molar-refractivity contribution is 6.29. The van der Waals surface area contributed by atoms with E-state index in [1.807, 2.05) is 0 Å². The van der Waals surface area contributed by atoms with E-state index in [9.17, 15) is 18.4 Å². The Morgan fingerprint density at radius 3 is 1.73 bits per heavy atom. The number of carbonyl (C=O) groups excluding carboxylic acids is 2. The van der Waals surface area contributed by atoms with Crippen LogP contribution in [0.2, 0.25) is 0 Å². The fourth-order valence-corrected chi connectivity index (χ4v) is 2.68. The molecule has 0 fully saturated rings. The number of halogens is 2. The van der Waals surface area contributed by atoms with Crippen LogP contribution in [0.5, 0.6) is 5.75 Å². The van der Waals surface area contributed by atoms with Gasteiger partial charge in [0.1, 0.15) is 23.0 Å². The van der Waals surface area contributed by atoms with E-state index in [1.54, 1.807) is 36.4 Å². The van der Waals surface area contributed by atoms with Crippen LogP contribution in [0.3, 0.4) is 0 Å². The van der Waals surface area contributed by atoms with Crippen molar-refractivity contribution in [3.8, 4) is 5.75 Å². The third-order valence-corrected chi connectivity index (χ3v) is 4.17. The number of amides is 2. The van der Waals surface area contributed by atoms with Gasteiger partial charge in [0.2, 0.25) is 0 Å². The summed E-state index contributed by atoms with van der Waals surface area (Å²) in [6.45, 7) is 0. The molecule has 0 aromatic heterocycles. The van der Waals surface area contributed by atoms with Crippen LogP contribution in [-0.4, -0.2) is 18.9 Å². The molecule has 3 aromatic carbocycles. The van der Waals surface area contributed by atoms with Gasteiger partial charge in [0.25, 0.3) is 11.8 Å². The van der Waals surface area contributed by atoms with Gasteiger partial charge in [0, 0.05) is 5.56 Å². The van der Waals surface area contributed by atoms with Crippen LogP contribution >= 0.6 is 0 Å². The maximum Gasteiger partial charge on any atom is 0.261 e. The molecule has 152 valence electrons. The Morgan fingerprint density at radius 2 is 1.23 bits per heavy atom. The van der Waals surface area contributed by atoms with Crippen molar-refractivity contribution in [2.24, 2.45) is 0 Å². The first-order chi connectivity index (χ1) is 14.5. The third-order valence-electron chi connectivity index (χ3n) is 4.17. The van der Waals surface area contributed by atoms with Gasteiger partial charge in [-0.25, -0.2) is 8.78 Å². The molecule has 0 saturated carbocycles. The molecule has 0 aliphatic rings. The molecule has 3 aromatic rings. The zero-order valence-corrected chi connectivity index (χ0v) is 16.0. The predicted octanol–water partition coefficient (Wildman–Crippen LogP) is 4.63. The molecule has 0 aliphatic heterocycles. The summed E-state index contributed by atoms with van der Waals surface area (Å²) >= 11 is 0. The molecule has 0 bridgehead atoms. The SMILES string of the molecule is COc1ccccc1C=C(C(=O)Nc1ccccc1F)C(=O)Nc1ccccc1F. The highest BCUT2D eigenvalue weighted by atomic mass is 19.1. The first kappa shape index (κ1) is 20.7. The molecule has 0 unspecified atom stereocenters. The number of para-hydroxylation sites is 3. The summed E-state index contributed by atoms with van der Waals surface area (Å²) in [4.78, 5) is 25.7. The summed E-state index contributed by atoms with van der Waals surface area (Å²) < 4.78 is 33.2. The number of methoxy groups -OCH3 is 1. The van der Waals surface area contributed by atoms with Crippen molar-refractivity contribution in [2.75, 3.05) is 17.7 Å². The van der Waals surface area contributed by atoms with Crippen LogP contribution in [0, 0.1) is 11.6 Å². The summed E-state index contributed by atoms with van der Waals surface area (Å²) in [6, 6.07) is 17.9. The van der Waals surface area contributed by atoms with Crippen LogP contribution in [0.15, 0.2) is 78.4 Å². The number of benzene rings is 3. The van der Waals surface area contributed by atoms with Gasteiger partial charge >= 0.3 is 0 Å². The van der Waals surface area contributed by atoms with Crippen molar-refractivity contribution in [3.63, 3.8) is 0 Å². The fraction of sp³-hybridized carbons (Fsp3) is 0.0435. The topological polar surface area (TPSA) is 67.4 Å². The molecule has 2 amide bonds. The fourth-order valence-electron chi connectivity index (χ4n) is 2.68. The Bertz CT molecular complexity index is 1050. The molecule has 0 aliphatic carbocycles. The summed E-state index contributed by atoms with van der Waals surface area (Å²) in [6.07, 6.45) is 1.30. The van der Waals surface area contributed by atoms with Crippen LogP contribution in [-0.2, 0) is 9.59 Å². The van der Waals surface area contributed by atoms with E-state index in [0.29, 0.717) is 11.3 Å². The first-order valence-electron chi connectivity index (χ1n) is 8.96. The number of hydrogen-bond acceptors (Lipinski definition) is 3. The molecule has 0 spiro atoms. The number of anilines is 2. The molecule has 0 saturated heterocycles. The molecule has 0 radical (unpaired) electrons. The summed E-state index contributed by atoms with van der Waals surface area (Å²) in [5.74, 6) is -2.61. The maximum atomic E-state index is 14.0. The summed E-state index contributed by atoms with van der Waals surface area (Å²) in [7, 11) is 1.45. The number of hydrogen-bond donors (Lipinski definition) is 2. The summed E-state index contributed by atoms with van der Waals surface area (Å²) in [5, 5.41) is 4.74. The highest BCUT2D eigenvalue weighted by Gasteiger charge is 2.21. The van der Waals surface area contributed by atoms with E-state index in [2.05, 4.69) is 10.6 Å². The molecule has 0 heterocycles. The molecule has 2 N–H and O–H groups in total. The smallest absolute Gasteiger partial charge is 0.261 e. The lowest BCUT2D eigenvalue weighted by Gasteiger charge is -2.12. The standard InChI is InChI=1S/C23H18F2N2O3/c1-30-21-13-7-2-8-15(21)14-16(22(28)26-19-11-5-3-9-17(19)24)23(29)27-20-12-6-4-10-18(20)25/h2-14H,1H3,(H,26,28)(H,27,29). The minimum Gasteiger partial charge on any atom is -0.496 e. The lowest BCUT2D eigenvalue weighted by Crippen LogP contribution is -2.26. The van der Waals surface area contributed by atoms with Gasteiger partial charge in [-0.1, -0.05) is 42.5 Å². The van der Waals surface area contributed by atoms with Crippen LogP contribution < -0.4 is 15.4 Å². The number of nitrogens with one attached hydrogen (secondary N) is 2. The van der Waals surface area contributed by atoms with Crippen molar-refractivity contribution in [2.45, 2.75) is 0 Å². The average Bonchev–Trinajstić information content (AvgIpc) is 2.75. The molecular weight excluding hydrogens is 390 g/mol. The highest BCUT2D eigenvalue weighted by Crippen LogP contribution is 2.23. The van der Waals surface area contributed by atoms with Gasteiger partial charge in [0.15, 0.2) is 0 Å². The molecule has 5 nitrogen and oxygen atoms in total. The van der Waals surface area contributed by atoms with E-state index in [4.69, 9.17) is 4.74 Å². The summed E-state index contributed by atoms with van der Waals surface area (Å²) in [5.41, 5.74) is -0.0902. The van der Waals surface area contributed by atoms with Gasteiger partial charge in [0.05, 0.1) is 18.5 Å². The van der Waals surface area contributed by atoms with E-state index in [-0.39, 0.29) is 16.9 Å². The molecular formula is C23H18F2N2O3. The van der Waals surface area contributed by atoms with Crippen molar-refractivity contribution >= 4 is 29.3 Å². The Hall–Kier alpha value is -4.00. The number of carbonyl (C=O) groups is 2. The van der Waals surface area contributed by atoms with Crippen LogP contribution in [0.1, 0.15) is 5.56 Å². The van der Waals surface area contributed by atoms with Gasteiger partial charge in [-0.05, 0) is 36.4 Å². The Labute approximate surface area is 172 Å². The molecule has 3 rings (SSSR count). The van der Waals surface area contributed by atoms with Gasteiger partial charge in [-0.2, -0.15) is 0 Å². The quantitative estimate of drug-likeness (QED) is 0.355. The van der Waals surface area contributed by atoms with Gasteiger partial charge < -0.3 is 15.4 Å². The van der Waals surface area contributed by atoms with Crippen LogP contribution in [0.4, 0.5) is 20.2 Å². The largest absolute Gasteiger partial charge is 0.496 e. The predicted molar refractivity (Wildman–Crippen MR) is 111 cm³/mol. The Morgan fingerprint density at radius 1 is 0.767 bits per heavy atom. The second-order valence-corrected chi connectivity index (χ2v) is 6.17. The van der Waals surface area contributed by atoms with E-state index in [0.717, 1.165) is 0 Å². The second-order valence-electron chi connectivity index (χ2n) is 6.17. The number of ether oxygens (including phenoxy) is 1. The van der Waals surface area contributed by atoms with E-state index >= 15 is 0 Å². The Balaban J connectivity index is 1.98. The van der Waals surface area contributed by atoms with Gasteiger partial charge in [-0.15, -0.1) is 0 Å². The van der Waals surface area contributed by atoms with E-state index < -0.39 is 23.4 Å². The normalized spacial score (nSPS) is 10.1. The van der Waals surface area contributed by atoms with Crippen molar-refractivity contribution < 1.29 is 23.1 Å². The van der Waals surface area contributed by atoms with Crippen molar-refractivity contribution in [3.05, 3.63) is 95.6 Å². The first-order valence-corrected chi connectivity index (χ1v) is 8.96. The zero-order valence-electron chi connectivity index (χ0n) is 16.0. The lowest BCUT2D eigenvalue weighted by molar-refractivity contribution is -0.118. The van der Waals surface area contributed by atoms with Crippen LogP contribution in [0.25, 0.3) is 6.08 Å². The number of rotatable bonds is 6. The van der Waals surface area contributed by atoms with E-state index in [1.165, 1.54) is 49.6 Å². The average molecular weight is 408 g/mol. The van der Waals surface area contributed by atoms with Crippen molar-refractivity contribution in [1.82, 2.24) is 0 Å². The Kier molecular flexibility index (Phi) is 6.54. The minimum atomic E-state index is -0.861.